The molecule has 0 spiro atoms. The Morgan fingerprint density at radius 1 is 0.706 bits per heavy atom. The summed E-state index contributed by atoms with van der Waals surface area (Å²) >= 11 is 0. The zero-order valence-electron chi connectivity index (χ0n) is 10.9. The van der Waals surface area contributed by atoms with E-state index in [1.807, 2.05) is 34.6 Å². The molecule has 2 unspecified atom stereocenters. The van der Waals surface area contributed by atoms with E-state index in [1.54, 1.807) is 0 Å². The second-order valence-corrected chi connectivity index (χ2v) is 5.87. The maximum Gasteiger partial charge on any atom is 0.190 e. The van der Waals surface area contributed by atoms with Crippen molar-refractivity contribution in [1.29, 1.82) is 0 Å². The van der Waals surface area contributed by atoms with Crippen LogP contribution in [0.3, 0.4) is 0 Å². The topological polar surface area (TPSA) is 46.2 Å². The first-order chi connectivity index (χ1) is 7.77. The third-order valence-electron chi connectivity index (χ3n) is 3.39. The van der Waals surface area contributed by atoms with Gasteiger partial charge in [-0.2, -0.15) is 0 Å². The highest BCUT2D eigenvalue weighted by molar-refractivity contribution is 4.98. The zero-order valence-corrected chi connectivity index (χ0v) is 10.9. The van der Waals surface area contributed by atoms with Crippen molar-refractivity contribution in [2.24, 2.45) is 0 Å². The Hall–Kier alpha value is -0.200. The average molecular weight is 244 g/mol. The van der Waals surface area contributed by atoms with Crippen molar-refractivity contribution in [3.63, 3.8) is 0 Å². The molecule has 3 fully saturated rings. The van der Waals surface area contributed by atoms with Crippen molar-refractivity contribution in [1.82, 2.24) is 0 Å². The van der Waals surface area contributed by atoms with Crippen molar-refractivity contribution in [2.45, 2.75) is 76.9 Å². The van der Waals surface area contributed by atoms with E-state index in [4.69, 9.17) is 23.7 Å². The van der Waals surface area contributed by atoms with Gasteiger partial charge < -0.3 is 23.7 Å². The SMILES string of the molecule is C[C@H]1O[C@@H]2OC(C)(C)OC2C2OC(C)(C)O[C@H]21. The van der Waals surface area contributed by atoms with Crippen LogP contribution >= 0.6 is 0 Å². The van der Waals surface area contributed by atoms with Gasteiger partial charge in [-0.15, -0.1) is 0 Å². The molecule has 3 aliphatic rings. The molecule has 0 N–H and O–H groups in total. The summed E-state index contributed by atoms with van der Waals surface area (Å²) in [5.41, 5.74) is 0. The Labute approximate surface area is 101 Å². The Morgan fingerprint density at radius 2 is 1.24 bits per heavy atom. The summed E-state index contributed by atoms with van der Waals surface area (Å²) < 4.78 is 29.2. The minimum absolute atomic E-state index is 0.0551. The summed E-state index contributed by atoms with van der Waals surface area (Å²) in [6, 6.07) is 0. The van der Waals surface area contributed by atoms with Gasteiger partial charge in [-0.1, -0.05) is 0 Å². The number of rotatable bonds is 0. The Kier molecular flexibility index (Phi) is 2.39. The lowest BCUT2D eigenvalue weighted by Crippen LogP contribution is -2.53. The van der Waals surface area contributed by atoms with Crippen molar-refractivity contribution in [3.8, 4) is 0 Å². The van der Waals surface area contributed by atoms with E-state index >= 15 is 0 Å². The predicted octanol–water partition coefficient (Wildman–Crippen LogP) is 1.40. The summed E-state index contributed by atoms with van der Waals surface area (Å²) in [5.74, 6) is -1.21. The third kappa shape index (κ3) is 1.90. The molecule has 5 atom stereocenters. The van der Waals surface area contributed by atoms with Gasteiger partial charge in [-0.3, -0.25) is 0 Å². The molecular weight excluding hydrogens is 224 g/mol. The van der Waals surface area contributed by atoms with Gasteiger partial charge in [0.1, 0.15) is 18.3 Å². The fourth-order valence-corrected chi connectivity index (χ4v) is 2.81. The van der Waals surface area contributed by atoms with E-state index in [1.165, 1.54) is 0 Å². The van der Waals surface area contributed by atoms with E-state index in [0.29, 0.717) is 0 Å². The number of fused-ring (bicyclic) bond motifs is 3. The van der Waals surface area contributed by atoms with Crippen LogP contribution in [0.2, 0.25) is 0 Å². The lowest BCUT2D eigenvalue weighted by Gasteiger charge is -2.35. The molecule has 0 radical (unpaired) electrons. The van der Waals surface area contributed by atoms with Crippen LogP contribution in [0.1, 0.15) is 34.6 Å². The van der Waals surface area contributed by atoms with Crippen LogP contribution in [-0.2, 0) is 23.7 Å². The van der Waals surface area contributed by atoms with E-state index in [0.717, 1.165) is 0 Å². The Balaban J connectivity index is 1.86. The van der Waals surface area contributed by atoms with Crippen LogP contribution < -0.4 is 0 Å². The highest BCUT2D eigenvalue weighted by Gasteiger charge is 2.59. The van der Waals surface area contributed by atoms with Gasteiger partial charge in [-0.05, 0) is 34.6 Å². The molecule has 3 aliphatic heterocycles. The fraction of sp³-hybridized carbons (Fsp3) is 1.00. The van der Waals surface area contributed by atoms with Crippen LogP contribution in [-0.4, -0.2) is 42.3 Å². The van der Waals surface area contributed by atoms with E-state index in [2.05, 4.69) is 0 Å². The maximum atomic E-state index is 5.92. The van der Waals surface area contributed by atoms with Gasteiger partial charge in [0, 0.05) is 0 Å². The van der Waals surface area contributed by atoms with Gasteiger partial charge >= 0.3 is 0 Å². The van der Waals surface area contributed by atoms with Crippen molar-refractivity contribution >= 4 is 0 Å². The molecule has 0 aliphatic carbocycles. The summed E-state index contributed by atoms with van der Waals surface area (Å²) in [4.78, 5) is 0. The quantitative estimate of drug-likeness (QED) is 0.644. The molecule has 3 saturated heterocycles. The summed E-state index contributed by atoms with van der Waals surface area (Å²) in [6.45, 7) is 9.57. The third-order valence-corrected chi connectivity index (χ3v) is 3.39. The standard InChI is InChI=1S/C12H20O5/c1-6-7-8(15-11(2,3)14-7)9-10(13-6)17-12(4,5)16-9/h6-10H,1-5H3/t6-,7+,8?,9?,10-/m1/s1. The number of ether oxygens (including phenoxy) is 5. The predicted molar refractivity (Wildman–Crippen MR) is 58.2 cm³/mol. The molecule has 0 aromatic heterocycles. The molecule has 17 heavy (non-hydrogen) atoms. The van der Waals surface area contributed by atoms with Crippen molar-refractivity contribution in [2.75, 3.05) is 0 Å². The number of hydrogen-bond acceptors (Lipinski definition) is 5. The largest absolute Gasteiger partial charge is 0.344 e. The molecule has 0 aromatic rings. The van der Waals surface area contributed by atoms with Crippen molar-refractivity contribution in [3.05, 3.63) is 0 Å². The summed E-state index contributed by atoms with van der Waals surface area (Å²) in [7, 11) is 0. The first kappa shape index (κ1) is 11.9. The van der Waals surface area contributed by atoms with Crippen molar-refractivity contribution < 1.29 is 23.7 Å². The second-order valence-electron chi connectivity index (χ2n) is 5.87. The molecule has 5 heteroatoms. The Morgan fingerprint density at radius 3 is 1.94 bits per heavy atom. The van der Waals surface area contributed by atoms with Crippen LogP contribution in [0, 0.1) is 0 Å². The molecule has 3 heterocycles. The smallest absolute Gasteiger partial charge is 0.190 e. The van der Waals surface area contributed by atoms with Crippen LogP contribution in [0.25, 0.3) is 0 Å². The van der Waals surface area contributed by atoms with Crippen LogP contribution in [0.5, 0.6) is 0 Å². The monoisotopic (exact) mass is 244 g/mol. The van der Waals surface area contributed by atoms with Crippen LogP contribution in [0.15, 0.2) is 0 Å². The van der Waals surface area contributed by atoms with Gasteiger partial charge in [0.15, 0.2) is 17.9 Å². The maximum absolute atomic E-state index is 5.92. The minimum Gasteiger partial charge on any atom is -0.344 e. The first-order valence-corrected chi connectivity index (χ1v) is 6.14. The normalized spacial score (nSPS) is 51.0. The van der Waals surface area contributed by atoms with E-state index in [9.17, 15) is 0 Å². The average Bonchev–Trinajstić information content (AvgIpc) is 2.62. The van der Waals surface area contributed by atoms with Gasteiger partial charge in [0.05, 0.1) is 6.10 Å². The fourth-order valence-electron chi connectivity index (χ4n) is 2.81. The first-order valence-electron chi connectivity index (χ1n) is 6.14. The lowest BCUT2D eigenvalue weighted by molar-refractivity contribution is -0.229. The highest BCUT2D eigenvalue weighted by atomic mass is 16.9. The van der Waals surface area contributed by atoms with Gasteiger partial charge in [0.25, 0.3) is 0 Å². The highest BCUT2D eigenvalue weighted by Crippen LogP contribution is 2.43. The summed E-state index contributed by atoms with van der Waals surface area (Å²) in [6.07, 6.45) is -0.850. The molecule has 0 saturated carbocycles. The Bertz CT molecular complexity index is 327. The zero-order chi connectivity index (χ0) is 12.4. The molecule has 0 amide bonds. The van der Waals surface area contributed by atoms with E-state index in [-0.39, 0.29) is 30.7 Å². The molecule has 5 nitrogen and oxygen atoms in total. The van der Waals surface area contributed by atoms with E-state index < -0.39 is 11.6 Å². The molecule has 0 bridgehead atoms. The van der Waals surface area contributed by atoms with Gasteiger partial charge in [-0.25, -0.2) is 0 Å². The molecule has 98 valence electrons. The number of hydrogen-bond donors (Lipinski definition) is 0. The lowest BCUT2D eigenvalue weighted by atomic mass is 10.0. The summed E-state index contributed by atoms with van der Waals surface area (Å²) in [5, 5.41) is 0. The van der Waals surface area contributed by atoms with Crippen LogP contribution in [0.4, 0.5) is 0 Å². The minimum atomic E-state index is -0.625. The molecule has 3 rings (SSSR count). The van der Waals surface area contributed by atoms with Gasteiger partial charge in [0.2, 0.25) is 0 Å². The second kappa shape index (κ2) is 3.42. The molecule has 0 aromatic carbocycles. The molecular formula is C12H20O5.